The normalized spacial score (nSPS) is 16.3. The van der Waals surface area contributed by atoms with Gasteiger partial charge in [0.25, 0.3) is 0 Å². The number of carbonyl (C=O) groups is 1. The van der Waals surface area contributed by atoms with E-state index in [1.165, 1.54) is 18.4 Å². The second-order valence-corrected chi connectivity index (χ2v) is 10.3. The monoisotopic (exact) mass is 526 g/mol. The number of allylic oxidation sites excluding steroid dienone is 1. The number of piperidine rings is 1. The Balaban J connectivity index is 1.19. The Morgan fingerprint density at radius 3 is 2.58 bits per heavy atom. The third kappa shape index (κ3) is 4.97. The van der Waals surface area contributed by atoms with Crippen LogP contribution in [0.1, 0.15) is 47.0 Å². The molecule has 2 aromatic carbocycles. The highest BCUT2D eigenvalue weighted by molar-refractivity contribution is 6.37. The van der Waals surface area contributed by atoms with Crippen molar-refractivity contribution in [3.8, 4) is 11.4 Å². The van der Waals surface area contributed by atoms with Crippen LogP contribution in [0.25, 0.3) is 23.0 Å². The molecule has 1 aliphatic carbocycles. The summed E-state index contributed by atoms with van der Waals surface area (Å²) >= 11 is 6.57. The van der Waals surface area contributed by atoms with Gasteiger partial charge in [-0.15, -0.1) is 0 Å². The van der Waals surface area contributed by atoms with Crippen LogP contribution in [-0.2, 0) is 11.2 Å². The fourth-order valence-corrected chi connectivity index (χ4v) is 5.34. The van der Waals surface area contributed by atoms with Gasteiger partial charge < -0.3 is 14.7 Å². The lowest BCUT2D eigenvalue weighted by molar-refractivity contribution is -0.113. The molecule has 0 spiro atoms. The molecule has 0 radical (unpaired) electrons. The van der Waals surface area contributed by atoms with Crippen molar-refractivity contribution in [1.82, 2.24) is 25.0 Å². The third-order valence-electron chi connectivity index (χ3n) is 7.23. The molecular formula is C29H27ClN6O2. The highest BCUT2D eigenvalue weighted by Crippen LogP contribution is 2.34. The van der Waals surface area contributed by atoms with Crippen LogP contribution in [0.15, 0.2) is 53.2 Å². The quantitative estimate of drug-likeness (QED) is 0.353. The van der Waals surface area contributed by atoms with Crippen LogP contribution >= 0.6 is 11.6 Å². The van der Waals surface area contributed by atoms with Crippen molar-refractivity contribution in [3.63, 3.8) is 0 Å². The minimum Gasteiger partial charge on any atom is -0.339 e. The topological polar surface area (TPSA) is 97.0 Å². The summed E-state index contributed by atoms with van der Waals surface area (Å²) in [6.07, 6.45) is 6.11. The molecule has 1 aliphatic heterocycles. The maximum atomic E-state index is 13.1. The lowest BCUT2D eigenvalue weighted by Gasteiger charge is -2.29. The van der Waals surface area contributed by atoms with E-state index in [1.54, 1.807) is 25.3 Å². The third-order valence-corrected chi connectivity index (χ3v) is 7.54. The molecule has 8 nitrogen and oxygen atoms in total. The van der Waals surface area contributed by atoms with Crippen molar-refractivity contribution in [2.45, 2.75) is 32.1 Å². The van der Waals surface area contributed by atoms with E-state index in [1.807, 2.05) is 12.1 Å². The van der Waals surface area contributed by atoms with Crippen molar-refractivity contribution in [3.05, 3.63) is 82.0 Å². The van der Waals surface area contributed by atoms with Gasteiger partial charge in [-0.2, -0.15) is 4.98 Å². The molecule has 0 bridgehead atoms. The minimum atomic E-state index is -0.0466. The Morgan fingerprint density at radius 2 is 1.87 bits per heavy atom. The Bertz CT molecular complexity index is 1540. The second-order valence-electron chi connectivity index (χ2n) is 9.91. The molecule has 0 amide bonds. The van der Waals surface area contributed by atoms with Gasteiger partial charge in [-0.25, -0.2) is 9.97 Å². The van der Waals surface area contributed by atoms with Crippen LogP contribution in [-0.4, -0.2) is 50.9 Å². The molecule has 2 aromatic heterocycles. The number of hydrogen-bond donors (Lipinski definition) is 1. The maximum Gasteiger partial charge on any atom is 0.227 e. The van der Waals surface area contributed by atoms with Gasteiger partial charge in [0.2, 0.25) is 17.7 Å². The van der Waals surface area contributed by atoms with Gasteiger partial charge in [0, 0.05) is 46.1 Å². The highest BCUT2D eigenvalue weighted by atomic mass is 35.5. The number of Topliss-reactive ketones (excluding diaryl/α,β-unsaturated/α-hetero) is 1. The van der Waals surface area contributed by atoms with Crippen LogP contribution in [0, 0.1) is 6.92 Å². The average molecular weight is 527 g/mol. The van der Waals surface area contributed by atoms with E-state index in [0.29, 0.717) is 45.4 Å². The fourth-order valence-electron chi connectivity index (χ4n) is 5.06. The number of benzene rings is 2. The number of nitrogens with zero attached hydrogens (tertiary/aromatic N) is 5. The average Bonchev–Trinajstić information content (AvgIpc) is 3.36. The summed E-state index contributed by atoms with van der Waals surface area (Å²) < 4.78 is 5.05. The standard InChI is InChI=1S/C29H27ClN6O2/c1-17-32-28(35-38-17)20-5-8-23(25(30)14-20)24-13-21-16-31-29(34-26(21)15-27(24)37)33-22-6-3-18(4-7-22)19-9-11-36(2)12-10-19/h3-8,13-14,16,19H,9-12,15H2,1-2H3,(H,31,33,34). The summed E-state index contributed by atoms with van der Waals surface area (Å²) in [6.45, 7) is 4.01. The SMILES string of the molecule is Cc1nc(-c2ccc(C3=Cc4cnc(Nc5ccc(C6CCN(C)CC6)cc5)nc4CC3=O)c(Cl)c2)no1. The second kappa shape index (κ2) is 10.1. The number of carbonyl (C=O) groups excluding carboxylic acids is 1. The van der Waals surface area contributed by atoms with Crippen LogP contribution < -0.4 is 5.32 Å². The zero-order valence-electron chi connectivity index (χ0n) is 21.2. The molecule has 38 heavy (non-hydrogen) atoms. The van der Waals surface area contributed by atoms with Gasteiger partial charge in [0.15, 0.2) is 5.78 Å². The Labute approximate surface area is 225 Å². The lowest BCUT2D eigenvalue weighted by atomic mass is 9.89. The van der Waals surface area contributed by atoms with Crippen LogP contribution in [0.4, 0.5) is 11.6 Å². The van der Waals surface area contributed by atoms with E-state index in [0.717, 1.165) is 29.9 Å². The number of likely N-dealkylation sites (tertiary alicyclic amines) is 1. The molecule has 0 saturated carbocycles. The molecule has 2 aliphatic rings. The summed E-state index contributed by atoms with van der Waals surface area (Å²) in [5.41, 5.74) is 5.69. The molecule has 6 rings (SSSR count). The van der Waals surface area contributed by atoms with Crippen molar-refractivity contribution in [2.75, 3.05) is 25.5 Å². The van der Waals surface area contributed by atoms with Crippen LogP contribution in [0.3, 0.4) is 0 Å². The van der Waals surface area contributed by atoms with Gasteiger partial charge in [-0.3, -0.25) is 4.79 Å². The predicted octanol–water partition coefficient (Wildman–Crippen LogP) is 5.71. The minimum absolute atomic E-state index is 0.0466. The number of fused-ring (bicyclic) bond motifs is 1. The first-order valence-electron chi connectivity index (χ1n) is 12.7. The molecule has 3 heterocycles. The Morgan fingerprint density at radius 1 is 1.08 bits per heavy atom. The Hall–Kier alpha value is -3.88. The largest absolute Gasteiger partial charge is 0.339 e. The van der Waals surface area contributed by atoms with E-state index in [9.17, 15) is 4.79 Å². The number of anilines is 2. The van der Waals surface area contributed by atoms with Crippen molar-refractivity contribution in [2.24, 2.45) is 0 Å². The summed E-state index contributed by atoms with van der Waals surface area (Å²) in [4.78, 5) is 28.8. The fraction of sp³-hybridized carbons (Fsp3) is 0.276. The van der Waals surface area contributed by atoms with Gasteiger partial charge in [0.1, 0.15) is 0 Å². The van der Waals surface area contributed by atoms with E-state index in [4.69, 9.17) is 16.1 Å². The molecule has 1 fully saturated rings. The van der Waals surface area contributed by atoms with Gasteiger partial charge in [-0.05, 0) is 68.7 Å². The number of ketones is 1. The maximum absolute atomic E-state index is 13.1. The first-order chi connectivity index (χ1) is 18.4. The number of halogens is 1. The summed E-state index contributed by atoms with van der Waals surface area (Å²) in [7, 11) is 2.18. The van der Waals surface area contributed by atoms with Gasteiger partial charge >= 0.3 is 0 Å². The lowest BCUT2D eigenvalue weighted by Crippen LogP contribution is -2.29. The summed E-state index contributed by atoms with van der Waals surface area (Å²) in [5, 5.41) is 7.65. The van der Waals surface area contributed by atoms with E-state index >= 15 is 0 Å². The molecule has 0 atom stereocenters. The Kier molecular flexibility index (Phi) is 6.51. The molecule has 1 N–H and O–H groups in total. The number of aromatic nitrogens is 4. The van der Waals surface area contributed by atoms with E-state index in [2.05, 4.69) is 61.6 Å². The van der Waals surface area contributed by atoms with Gasteiger partial charge in [-0.1, -0.05) is 41.0 Å². The molecule has 9 heteroatoms. The number of nitrogens with one attached hydrogen (secondary N) is 1. The van der Waals surface area contributed by atoms with Crippen LogP contribution in [0.5, 0.6) is 0 Å². The van der Waals surface area contributed by atoms with Crippen molar-refractivity contribution in [1.29, 1.82) is 0 Å². The first-order valence-corrected chi connectivity index (χ1v) is 13.1. The van der Waals surface area contributed by atoms with Gasteiger partial charge in [0.05, 0.1) is 12.1 Å². The number of rotatable bonds is 5. The van der Waals surface area contributed by atoms with Crippen molar-refractivity contribution >= 4 is 40.7 Å². The van der Waals surface area contributed by atoms with E-state index in [-0.39, 0.29) is 12.2 Å². The van der Waals surface area contributed by atoms with Crippen molar-refractivity contribution < 1.29 is 9.32 Å². The molecule has 1 saturated heterocycles. The number of aryl methyl sites for hydroxylation is 1. The number of hydrogen-bond acceptors (Lipinski definition) is 8. The molecule has 192 valence electrons. The van der Waals surface area contributed by atoms with Crippen LogP contribution in [0.2, 0.25) is 5.02 Å². The molecule has 4 aromatic rings. The molecular weight excluding hydrogens is 500 g/mol. The predicted molar refractivity (Wildman–Crippen MR) is 147 cm³/mol. The zero-order chi connectivity index (χ0) is 26.2. The first kappa shape index (κ1) is 24.5. The van der Waals surface area contributed by atoms with E-state index < -0.39 is 0 Å². The highest BCUT2D eigenvalue weighted by Gasteiger charge is 2.24. The summed E-state index contributed by atoms with van der Waals surface area (Å²) in [6, 6.07) is 13.9. The zero-order valence-corrected chi connectivity index (χ0v) is 22.0. The smallest absolute Gasteiger partial charge is 0.227 e. The molecule has 0 unspecified atom stereocenters. The summed E-state index contributed by atoms with van der Waals surface area (Å²) in [5.74, 6) is 1.96.